The first-order valence-corrected chi connectivity index (χ1v) is 6.83. The van der Waals surface area contributed by atoms with Crippen LogP contribution in [0.15, 0.2) is 24.3 Å². The van der Waals surface area contributed by atoms with Crippen LogP contribution < -0.4 is 5.32 Å². The molecule has 0 aromatic heterocycles. The smallest absolute Gasteiger partial charge is 0.332 e. The largest absolute Gasteiger partial charge is 0.454 e. The average Bonchev–Trinajstić information content (AvgIpc) is 2.44. The van der Waals surface area contributed by atoms with Crippen LogP contribution in [-0.4, -0.2) is 38.1 Å². The van der Waals surface area contributed by atoms with E-state index in [2.05, 4.69) is 35.6 Å². The van der Waals surface area contributed by atoms with Gasteiger partial charge in [0, 0.05) is 12.7 Å². The summed E-state index contributed by atoms with van der Waals surface area (Å²) in [4.78, 5) is 34.4. The molecule has 1 rings (SSSR count). The number of esters is 1. The summed E-state index contributed by atoms with van der Waals surface area (Å²) in [5.41, 5.74) is 1.44. The predicted molar refractivity (Wildman–Crippen MR) is 80.5 cm³/mol. The van der Waals surface area contributed by atoms with Crippen LogP contribution >= 0.6 is 0 Å². The van der Waals surface area contributed by atoms with Crippen LogP contribution in [0.2, 0.25) is 0 Å². The van der Waals surface area contributed by atoms with E-state index in [1.54, 1.807) is 12.1 Å². The quantitative estimate of drug-likeness (QED) is 0.832. The van der Waals surface area contributed by atoms with Gasteiger partial charge in [0.1, 0.15) is 6.61 Å². The van der Waals surface area contributed by atoms with E-state index < -0.39 is 24.4 Å². The topological polar surface area (TPSA) is 81.7 Å². The lowest BCUT2D eigenvalue weighted by Crippen LogP contribution is -2.34. The van der Waals surface area contributed by atoms with Crippen molar-refractivity contribution in [2.24, 2.45) is 0 Å². The lowest BCUT2D eigenvalue weighted by molar-refractivity contribution is -0.151. The first-order valence-electron chi connectivity index (χ1n) is 6.83. The zero-order chi connectivity index (χ0) is 16.8. The van der Waals surface area contributed by atoms with Crippen LogP contribution in [0.4, 0.5) is 0 Å². The summed E-state index contributed by atoms with van der Waals surface area (Å²) < 4.78 is 9.17. The van der Waals surface area contributed by atoms with Crippen LogP contribution in [-0.2, 0) is 24.5 Å². The lowest BCUT2D eigenvalue weighted by Gasteiger charge is -2.18. The summed E-state index contributed by atoms with van der Waals surface area (Å²) in [5, 5.41) is 2.16. The summed E-state index contributed by atoms with van der Waals surface area (Å²) >= 11 is 0. The van der Waals surface area contributed by atoms with Crippen LogP contribution in [0.25, 0.3) is 0 Å². The number of carbonyl (C=O) groups is 3. The fourth-order valence-electron chi connectivity index (χ4n) is 1.66. The number of imide groups is 1. The number of hydrogen-bond acceptors (Lipinski definition) is 5. The molecular weight excluding hydrogens is 286 g/mol. The zero-order valence-electron chi connectivity index (χ0n) is 13.3. The Bertz CT molecular complexity index is 543. The van der Waals surface area contributed by atoms with Crippen molar-refractivity contribution >= 4 is 17.8 Å². The standard InChI is InChI=1S/C16H21NO5/c1-16(2,3)12-7-5-11(6-8-12)15(20)17-13(18)9-22-14(19)10-21-4/h5-8H,9-10H2,1-4H3,(H,17,18,20). The normalized spacial score (nSPS) is 10.9. The molecule has 2 amide bonds. The van der Waals surface area contributed by atoms with Crippen molar-refractivity contribution in [1.82, 2.24) is 5.32 Å². The lowest BCUT2D eigenvalue weighted by atomic mass is 9.87. The number of nitrogens with one attached hydrogen (secondary N) is 1. The minimum absolute atomic E-state index is 0.0135. The van der Waals surface area contributed by atoms with Gasteiger partial charge in [0.25, 0.3) is 11.8 Å². The predicted octanol–water partition coefficient (Wildman–Crippen LogP) is 1.43. The van der Waals surface area contributed by atoms with Crippen molar-refractivity contribution in [3.05, 3.63) is 35.4 Å². The maximum Gasteiger partial charge on any atom is 0.332 e. The van der Waals surface area contributed by atoms with Crippen molar-refractivity contribution in [2.75, 3.05) is 20.3 Å². The Morgan fingerprint density at radius 3 is 2.14 bits per heavy atom. The van der Waals surface area contributed by atoms with E-state index in [9.17, 15) is 14.4 Å². The molecule has 1 N–H and O–H groups in total. The molecule has 0 atom stereocenters. The Morgan fingerprint density at radius 2 is 1.64 bits per heavy atom. The number of carbonyl (C=O) groups excluding carboxylic acids is 3. The van der Waals surface area contributed by atoms with E-state index >= 15 is 0 Å². The number of rotatable bonds is 5. The van der Waals surface area contributed by atoms with E-state index in [1.165, 1.54) is 7.11 Å². The molecule has 0 unspecified atom stereocenters. The molecule has 0 saturated carbocycles. The minimum atomic E-state index is -0.686. The van der Waals surface area contributed by atoms with E-state index in [-0.39, 0.29) is 12.0 Å². The van der Waals surface area contributed by atoms with Gasteiger partial charge in [-0.2, -0.15) is 0 Å². The van der Waals surface area contributed by atoms with Gasteiger partial charge in [-0.3, -0.25) is 14.9 Å². The van der Waals surface area contributed by atoms with Crippen molar-refractivity contribution < 1.29 is 23.9 Å². The maximum absolute atomic E-state index is 11.9. The molecule has 0 bridgehead atoms. The Kier molecular flexibility index (Phi) is 6.24. The second-order valence-electron chi connectivity index (χ2n) is 5.80. The second-order valence-corrected chi connectivity index (χ2v) is 5.80. The minimum Gasteiger partial charge on any atom is -0.454 e. The highest BCUT2D eigenvalue weighted by Gasteiger charge is 2.16. The third-order valence-electron chi connectivity index (χ3n) is 2.89. The molecule has 6 nitrogen and oxygen atoms in total. The summed E-state index contributed by atoms with van der Waals surface area (Å²) in [6.07, 6.45) is 0. The van der Waals surface area contributed by atoms with Gasteiger partial charge in [-0.25, -0.2) is 4.79 Å². The molecule has 0 spiro atoms. The number of hydrogen-bond donors (Lipinski definition) is 1. The third kappa shape index (κ3) is 5.65. The molecule has 0 radical (unpaired) electrons. The molecule has 0 aliphatic carbocycles. The molecule has 22 heavy (non-hydrogen) atoms. The van der Waals surface area contributed by atoms with Crippen molar-refractivity contribution in [3.63, 3.8) is 0 Å². The second kappa shape index (κ2) is 7.70. The summed E-state index contributed by atoms with van der Waals surface area (Å²) in [6.45, 7) is 5.45. The van der Waals surface area contributed by atoms with Gasteiger partial charge < -0.3 is 9.47 Å². The van der Waals surface area contributed by atoms with Gasteiger partial charge in [0.2, 0.25) is 0 Å². The third-order valence-corrected chi connectivity index (χ3v) is 2.89. The molecule has 120 valence electrons. The van der Waals surface area contributed by atoms with Crippen LogP contribution in [0, 0.1) is 0 Å². The molecule has 0 heterocycles. The summed E-state index contributed by atoms with van der Waals surface area (Å²) in [6, 6.07) is 7.00. The number of methoxy groups -OCH3 is 1. The SMILES string of the molecule is COCC(=O)OCC(=O)NC(=O)c1ccc(C(C)(C)C)cc1. The van der Waals surface area contributed by atoms with Gasteiger partial charge in [0.15, 0.2) is 6.61 Å². The molecule has 0 saturated heterocycles. The maximum atomic E-state index is 11.9. The number of amides is 2. The zero-order valence-corrected chi connectivity index (χ0v) is 13.3. The highest BCUT2D eigenvalue weighted by Crippen LogP contribution is 2.22. The van der Waals surface area contributed by atoms with Gasteiger partial charge in [-0.05, 0) is 23.1 Å². The van der Waals surface area contributed by atoms with E-state index in [0.717, 1.165) is 5.56 Å². The first kappa shape index (κ1) is 17.8. The van der Waals surface area contributed by atoms with E-state index in [0.29, 0.717) is 5.56 Å². The Morgan fingerprint density at radius 1 is 1.05 bits per heavy atom. The highest BCUT2D eigenvalue weighted by atomic mass is 16.6. The fraction of sp³-hybridized carbons (Fsp3) is 0.438. The monoisotopic (exact) mass is 307 g/mol. The Balaban J connectivity index is 2.54. The highest BCUT2D eigenvalue weighted by molar-refractivity contribution is 6.05. The number of ether oxygens (including phenoxy) is 2. The molecular formula is C16H21NO5. The molecule has 6 heteroatoms. The Labute approximate surface area is 129 Å². The Hall–Kier alpha value is -2.21. The van der Waals surface area contributed by atoms with Crippen LogP contribution in [0.1, 0.15) is 36.7 Å². The average molecular weight is 307 g/mol. The van der Waals surface area contributed by atoms with E-state index in [4.69, 9.17) is 0 Å². The van der Waals surface area contributed by atoms with Gasteiger partial charge in [-0.1, -0.05) is 32.9 Å². The first-order chi connectivity index (χ1) is 10.2. The molecule has 1 aromatic carbocycles. The molecule has 1 aromatic rings. The van der Waals surface area contributed by atoms with E-state index in [1.807, 2.05) is 12.1 Å². The molecule has 0 fully saturated rings. The van der Waals surface area contributed by atoms with Crippen LogP contribution in [0.3, 0.4) is 0 Å². The summed E-state index contributed by atoms with van der Waals surface area (Å²) in [5.74, 6) is -1.89. The molecule has 0 aliphatic heterocycles. The van der Waals surface area contributed by atoms with Gasteiger partial charge in [0.05, 0.1) is 0 Å². The van der Waals surface area contributed by atoms with Crippen molar-refractivity contribution in [2.45, 2.75) is 26.2 Å². The van der Waals surface area contributed by atoms with Gasteiger partial charge >= 0.3 is 5.97 Å². The van der Waals surface area contributed by atoms with Crippen molar-refractivity contribution in [3.8, 4) is 0 Å². The summed E-state index contributed by atoms with van der Waals surface area (Å²) in [7, 11) is 1.34. The van der Waals surface area contributed by atoms with Crippen LogP contribution in [0.5, 0.6) is 0 Å². The fourth-order valence-corrected chi connectivity index (χ4v) is 1.66. The van der Waals surface area contributed by atoms with Gasteiger partial charge in [-0.15, -0.1) is 0 Å². The number of benzene rings is 1. The van der Waals surface area contributed by atoms with Crippen molar-refractivity contribution in [1.29, 1.82) is 0 Å². The molecule has 0 aliphatic rings.